The lowest BCUT2D eigenvalue weighted by Crippen LogP contribution is -2.29. The topological polar surface area (TPSA) is 59.3 Å². The Hall–Kier alpha value is -2.17. The van der Waals surface area contributed by atoms with Crippen molar-refractivity contribution in [1.82, 2.24) is 9.55 Å². The van der Waals surface area contributed by atoms with Gasteiger partial charge in [0.05, 0.1) is 10.9 Å². The molecule has 1 saturated carbocycles. The van der Waals surface area contributed by atoms with Crippen molar-refractivity contribution in [2.45, 2.75) is 53.5 Å². The van der Waals surface area contributed by atoms with E-state index in [1.807, 2.05) is 31.2 Å². The molecule has 1 heterocycles. The average molecular weight is 326 g/mol. The van der Waals surface area contributed by atoms with Crippen molar-refractivity contribution in [3.63, 3.8) is 0 Å². The number of aromatic nitrogens is 2. The predicted molar refractivity (Wildman–Crippen MR) is 99.5 cm³/mol. The first-order chi connectivity index (χ1) is 11.4. The van der Waals surface area contributed by atoms with Crippen molar-refractivity contribution >= 4 is 22.6 Å². The summed E-state index contributed by atoms with van der Waals surface area (Å²) in [5, 5.41) is 5.24. The fourth-order valence-corrected chi connectivity index (χ4v) is 3.88. The minimum absolute atomic E-state index is 0.0249. The molecule has 1 N–H and O–H groups in total. The SMILES string of the molecule is CCn1c(NN=C2CC(C)CC(C)(C)C2)nc2ccccc2c1=O. The van der Waals surface area contributed by atoms with Gasteiger partial charge in [-0.15, -0.1) is 0 Å². The Morgan fingerprint density at radius 2 is 2.12 bits per heavy atom. The zero-order valence-electron chi connectivity index (χ0n) is 15.0. The number of rotatable bonds is 3. The summed E-state index contributed by atoms with van der Waals surface area (Å²) in [6, 6.07) is 7.44. The Kier molecular flexibility index (Phi) is 4.43. The molecule has 3 rings (SSSR count). The van der Waals surface area contributed by atoms with Crippen LogP contribution >= 0.6 is 0 Å². The third-order valence-corrected chi connectivity index (χ3v) is 4.66. The average Bonchev–Trinajstić information content (AvgIpc) is 2.51. The zero-order valence-corrected chi connectivity index (χ0v) is 15.0. The van der Waals surface area contributed by atoms with Crippen LogP contribution in [0, 0.1) is 11.3 Å². The lowest BCUT2D eigenvalue weighted by molar-refractivity contribution is 0.266. The molecule has 0 amide bonds. The molecule has 1 unspecified atom stereocenters. The summed E-state index contributed by atoms with van der Waals surface area (Å²) in [6.45, 7) is 9.35. The fraction of sp³-hybridized carbons (Fsp3) is 0.526. The van der Waals surface area contributed by atoms with Gasteiger partial charge < -0.3 is 0 Å². The maximum atomic E-state index is 12.6. The molecule has 24 heavy (non-hydrogen) atoms. The summed E-state index contributed by atoms with van der Waals surface area (Å²) in [6.07, 6.45) is 3.20. The van der Waals surface area contributed by atoms with Crippen molar-refractivity contribution in [2.24, 2.45) is 16.4 Å². The van der Waals surface area contributed by atoms with Gasteiger partial charge in [-0.05, 0) is 49.7 Å². The predicted octanol–water partition coefficient (Wildman–Crippen LogP) is 4.03. The molecule has 2 aromatic rings. The molecule has 1 aromatic carbocycles. The van der Waals surface area contributed by atoms with Crippen LogP contribution in [-0.2, 0) is 6.54 Å². The van der Waals surface area contributed by atoms with E-state index in [1.54, 1.807) is 4.57 Å². The van der Waals surface area contributed by atoms with Crippen LogP contribution < -0.4 is 11.0 Å². The Balaban J connectivity index is 1.95. The van der Waals surface area contributed by atoms with E-state index in [1.165, 1.54) is 6.42 Å². The number of fused-ring (bicyclic) bond motifs is 1. The molecule has 0 aliphatic heterocycles. The minimum Gasteiger partial charge on any atom is -0.277 e. The Labute approximate surface area is 142 Å². The molecule has 5 nitrogen and oxygen atoms in total. The van der Waals surface area contributed by atoms with Crippen molar-refractivity contribution in [3.05, 3.63) is 34.6 Å². The van der Waals surface area contributed by atoms with E-state index in [2.05, 4.69) is 36.3 Å². The van der Waals surface area contributed by atoms with E-state index in [-0.39, 0.29) is 11.0 Å². The van der Waals surface area contributed by atoms with Crippen LogP contribution in [0.25, 0.3) is 10.9 Å². The van der Waals surface area contributed by atoms with Crippen molar-refractivity contribution in [2.75, 3.05) is 5.43 Å². The van der Waals surface area contributed by atoms with Crippen molar-refractivity contribution in [1.29, 1.82) is 0 Å². The Morgan fingerprint density at radius 3 is 2.83 bits per heavy atom. The van der Waals surface area contributed by atoms with Crippen LogP contribution in [0.15, 0.2) is 34.2 Å². The van der Waals surface area contributed by atoms with E-state index >= 15 is 0 Å². The summed E-state index contributed by atoms with van der Waals surface area (Å²) in [7, 11) is 0. The molecule has 0 radical (unpaired) electrons. The third-order valence-electron chi connectivity index (χ3n) is 4.66. The quantitative estimate of drug-likeness (QED) is 0.866. The van der Waals surface area contributed by atoms with E-state index in [9.17, 15) is 4.79 Å². The summed E-state index contributed by atoms with van der Waals surface area (Å²) in [5.74, 6) is 1.15. The van der Waals surface area contributed by atoms with E-state index in [0.717, 1.165) is 18.6 Å². The molecule has 1 aliphatic carbocycles. The summed E-state index contributed by atoms with van der Waals surface area (Å²) in [4.78, 5) is 17.2. The summed E-state index contributed by atoms with van der Waals surface area (Å²) < 4.78 is 1.64. The lowest BCUT2D eigenvalue weighted by atomic mass is 9.72. The van der Waals surface area contributed by atoms with Crippen LogP contribution in [0.3, 0.4) is 0 Å². The number of hydrogen-bond acceptors (Lipinski definition) is 4. The zero-order chi connectivity index (χ0) is 17.3. The second-order valence-corrected chi connectivity index (χ2v) is 7.65. The standard InChI is InChI=1S/C19H26N4O/c1-5-23-17(24)15-8-6-7-9-16(15)20-18(23)22-21-14-10-13(2)11-19(3,4)12-14/h6-9,13H,5,10-12H2,1-4H3,(H,20,22). The third kappa shape index (κ3) is 3.35. The normalized spacial score (nSPS) is 22.0. The van der Waals surface area contributed by atoms with Crippen molar-refractivity contribution < 1.29 is 0 Å². The number of anilines is 1. The molecule has 1 aromatic heterocycles. The molecular weight excluding hydrogens is 300 g/mol. The monoisotopic (exact) mass is 326 g/mol. The van der Waals surface area contributed by atoms with Gasteiger partial charge in [-0.3, -0.25) is 9.36 Å². The molecule has 128 valence electrons. The van der Waals surface area contributed by atoms with Gasteiger partial charge in [0.2, 0.25) is 5.95 Å². The number of nitrogens with zero attached hydrogens (tertiary/aromatic N) is 3. The van der Waals surface area contributed by atoms with Gasteiger partial charge in [0.25, 0.3) is 5.56 Å². The first-order valence-electron chi connectivity index (χ1n) is 8.70. The van der Waals surface area contributed by atoms with Crippen molar-refractivity contribution in [3.8, 4) is 0 Å². The highest BCUT2D eigenvalue weighted by molar-refractivity contribution is 5.86. The Morgan fingerprint density at radius 1 is 1.38 bits per heavy atom. The fourth-order valence-electron chi connectivity index (χ4n) is 3.88. The highest BCUT2D eigenvalue weighted by Gasteiger charge is 2.29. The van der Waals surface area contributed by atoms with Gasteiger partial charge >= 0.3 is 0 Å². The van der Waals surface area contributed by atoms with Crippen LogP contribution in [-0.4, -0.2) is 15.3 Å². The minimum atomic E-state index is -0.0249. The molecule has 1 aliphatic rings. The first kappa shape index (κ1) is 16.7. The molecule has 0 bridgehead atoms. The molecule has 1 fully saturated rings. The Bertz CT molecular complexity index is 835. The highest BCUT2D eigenvalue weighted by atomic mass is 16.1. The molecule has 5 heteroatoms. The van der Waals surface area contributed by atoms with Crippen LogP contribution in [0.2, 0.25) is 0 Å². The molecule has 0 spiro atoms. The largest absolute Gasteiger partial charge is 0.277 e. The maximum Gasteiger partial charge on any atom is 0.262 e. The van der Waals surface area contributed by atoms with Gasteiger partial charge in [0.1, 0.15) is 0 Å². The summed E-state index contributed by atoms with van der Waals surface area (Å²) in [5.41, 5.74) is 5.17. The van der Waals surface area contributed by atoms with Gasteiger partial charge in [0.15, 0.2) is 0 Å². The summed E-state index contributed by atoms with van der Waals surface area (Å²) >= 11 is 0. The van der Waals surface area contributed by atoms with E-state index in [0.29, 0.717) is 29.3 Å². The highest BCUT2D eigenvalue weighted by Crippen LogP contribution is 2.37. The number of nitrogens with one attached hydrogen (secondary N) is 1. The number of hydrogen-bond donors (Lipinski definition) is 1. The van der Waals surface area contributed by atoms with Gasteiger partial charge in [-0.1, -0.05) is 32.9 Å². The molecular formula is C19H26N4O. The lowest BCUT2D eigenvalue weighted by Gasteiger charge is -2.34. The van der Waals surface area contributed by atoms with Gasteiger partial charge in [-0.2, -0.15) is 5.10 Å². The van der Waals surface area contributed by atoms with Gasteiger partial charge in [-0.25, -0.2) is 10.4 Å². The molecule has 0 saturated heterocycles. The second kappa shape index (κ2) is 6.38. The molecule has 1 atom stereocenters. The first-order valence-corrected chi connectivity index (χ1v) is 8.70. The number of hydrazone groups is 1. The van der Waals surface area contributed by atoms with E-state index < -0.39 is 0 Å². The van der Waals surface area contributed by atoms with Crippen LogP contribution in [0.5, 0.6) is 0 Å². The second-order valence-electron chi connectivity index (χ2n) is 7.65. The number of para-hydroxylation sites is 1. The maximum absolute atomic E-state index is 12.6. The van der Waals surface area contributed by atoms with Gasteiger partial charge in [0, 0.05) is 12.3 Å². The van der Waals surface area contributed by atoms with Crippen LogP contribution in [0.1, 0.15) is 47.0 Å². The number of benzene rings is 1. The van der Waals surface area contributed by atoms with Crippen LogP contribution in [0.4, 0.5) is 5.95 Å². The van der Waals surface area contributed by atoms with E-state index in [4.69, 9.17) is 0 Å². The smallest absolute Gasteiger partial charge is 0.262 e.